The van der Waals surface area contributed by atoms with Crippen molar-refractivity contribution in [2.45, 2.75) is 12.3 Å². The zero-order valence-corrected chi connectivity index (χ0v) is 27.6. The summed E-state index contributed by atoms with van der Waals surface area (Å²) in [6, 6.07) is 63.4. The Morgan fingerprint density at radius 1 is 0.400 bits per heavy atom. The number of hydrogen-bond donors (Lipinski definition) is 0. The van der Waals surface area contributed by atoms with Crippen LogP contribution in [0.1, 0.15) is 23.6 Å². The maximum absolute atomic E-state index is 5.38. The molecular weight excluding hydrogens is 605 g/mol. The van der Waals surface area contributed by atoms with E-state index in [0.717, 1.165) is 33.5 Å². The van der Waals surface area contributed by atoms with Crippen molar-refractivity contribution in [1.29, 1.82) is 0 Å². The van der Waals surface area contributed by atoms with E-state index in [1.54, 1.807) is 0 Å². The Balaban J connectivity index is 1.34. The van der Waals surface area contributed by atoms with Gasteiger partial charge in [-0.2, -0.15) is 0 Å². The van der Waals surface area contributed by atoms with Gasteiger partial charge in [-0.05, 0) is 73.5 Å². The van der Waals surface area contributed by atoms with Gasteiger partial charge in [-0.15, -0.1) is 0 Å². The van der Waals surface area contributed by atoms with E-state index in [-0.39, 0.29) is 5.41 Å². The number of rotatable bonds is 4. The first-order chi connectivity index (χ1) is 24.7. The first-order valence-corrected chi connectivity index (χ1v) is 17.3. The van der Waals surface area contributed by atoms with Crippen LogP contribution in [-0.2, 0) is 5.41 Å². The molecule has 9 aromatic rings. The molecule has 1 atom stereocenters. The molecule has 2 heteroatoms. The summed E-state index contributed by atoms with van der Waals surface area (Å²) in [6.45, 7) is 2.41. The van der Waals surface area contributed by atoms with Gasteiger partial charge in [-0.3, -0.25) is 0 Å². The summed E-state index contributed by atoms with van der Waals surface area (Å²) < 4.78 is 0. The number of nitrogens with zero attached hydrogens (tertiary/aromatic N) is 2. The Bertz CT molecular complexity index is 2710. The monoisotopic (exact) mass is 636 g/mol. The summed E-state index contributed by atoms with van der Waals surface area (Å²) in [5.41, 5.74) is 12.8. The largest absolute Gasteiger partial charge is 0.228 e. The van der Waals surface area contributed by atoms with Crippen molar-refractivity contribution in [3.8, 4) is 44.9 Å². The summed E-state index contributed by atoms with van der Waals surface area (Å²) in [5.74, 6) is 0.730. The second kappa shape index (κ2) is 11.1. The van der Waals surface area contributed by atoms with E-state index in [4.69, 9.17) is 9.97 Å². The highest BCUT2D eigenvalue weighted by Gasteiger charge is 2.42. The maximum atomic E-state index is 5.38. The second-order valence-corrected chi connectivity index (χ2v) is 13.4. The Kier molecular flexibility index (Phi) is 6.34. The quantitative estimate of drug-likeness (QED) is 0.180. The van der Waals surface area contributed by atoms with Gasteiger partial charge in [0.2, 0.25) is 0 Å². The number of aromatic nitrogens is 2. The van der Waals surface area contributed by atoms with Crippen molar-refractivity contribution in [3.63, 3.8) is 0 Å². The smallest absolute Gasteiger partial charge is 0.160 e. The lowest BCUT2D eigenvalue weighted by molar-refractivity contribution is 0.716. The molecule has 0 spiro atoms. The van der Waals surface area contributed by atoms with Crippen LogP contribution in [0.5, 0.6) is 0 Å². The van der Waals surface area contributed by atoms with Gasteiger partial charge in [0.25, 0.3) is 0 Å². The predicted octanol–water partition coefficient (Wildman–Crippen LogP) is 12.3. The van der Waals surface area contributed by atoms with Crippen molar-refractivity contribution >= 4 is 32.4 Å². The molecule has 234 valence electrons. The normalized spacial score (nSPS) is 15.0. The number of hydrogen-bond acceptors (Lipinski definition) is 2. The van der Waals surface area contributed by atoms with Gasteiger partial charge < -0.3 is 0 Å². The first kappa shape index (κ1) is 28.6. The molecule has 0 N–H and O–H groups in total. The third-order valence-corrected chi connectivity index (χ3v) is 10.7. The fraction of sp³-hybridized carbons (Fsp3) is 0.0417. The van der Waals surface area contributed by atoms with Crippen molar-refractivity contribution in [3.05, 3.63) is 193 Å². The van der Waals surface area contributed by atoms with Gasteiger partial charge in [-0.1, -0.05) is 170 Å². The van der Waals surface area contributed by atoms with Crippen molar-refractivity contribution in [2.24, 2.45) is 0 Å². The Hall–Kier alpha value is -6.38. The minimum atomic E-state index is -0.335. The molecule has 50 heavy (non-hydrogen) atoms. The molecule has 8 aromatic carbocycles. The highest BCUT2D eigenvalue weighted by molar-refractivity contribution is 6.23. The van der Waals surface area contributed by atoms with Gasteiger partial charge in [-0.25, -0.2) is 9.97 Å². The van der Waals surface area contributed by atoms with Gasteiger partial charge in [0.05, 0.1) is 11.2 Å². The Morgan fingerprint density at radius 2 is 0.920 bits per heavy atom. The van der Waals surface area contributed by atoms with Crippen LogP contribution in [0.4, 0.5) is 0 Å². The van der Waals surface area contributed by atoms with Crippen LogP contribution in [0.3, 0.4) is 0 Å². The number of para-hydroxylation sites is 1. The van der Waals surface area contributed by atoms with Gasteiger partial charge >= 0.3 is 0 Å². The van der Waals surface area contributed by atoms with E-state index in [1.807, 2.05) is 18.2 Å². The zero-order chi connectivity index (χ0) is 33.2. The standard InChI is InChI=1S/C48H32N2/c1-48(32-19-6-3-7-20-32)41-29-14-12-21-33(41)38-27-16-28-40(45(38)48)43-34-22-8-10-24-36(34)44(37-25-11-9-23-35(37)43)46-39-26-13-15-30-42(39)49-47(50-46)31-17-4-2-5-18-31/h2-30H,1H3. The summed E-state index contributed by atoms with van der Waals surface area (Å²) in [4.78, 5) is 10.4. The molecule has 0 bridgehead atoms. The average Bonchev–Trinajstić information content (AvgIpc) is 3.46. The third-order valence-electron chi connectivity index (χ3n) is 10.7. The van der Waals surface area contributed by atoms with E-state index >= 15 is 0 Å². The minimum absolute atomic E-state index is 0.335. The fourth-order valence-corrected chi connectivity index (χ4v) is 8.54. The maximum Gasteiger partial charge on any atom is 0.160 e. The van der Waals surface area contributed by atoms with Crippen molar-refractivity contribution in [1.82, 2.24) is 9.97 Å². The van der Waals surface area contributed by atoms with Crippen LogP contribution in [0.25, 0.3) is 77.3 Å². The topological polar surface area (TPSA) is 25.8 Å². The lowest BCUT2D eigenvalue weighted by Gasteiger charge is -2.31. The molecule has 1 aliphatic rings. The van der Waals surface area contributed by atoms with Crippen LogP contribution in [-0.4, -0.2) is 9.97 Å². The van der Waals surface area contributed by atoms with Crippen LogP contribution in [0, 0.1) is 0 Å². The highest BCUT2D eigenvalue weighted by Crippen LogP contribution is 2.57. The molecule has 1 aliphatic carbocycles. The van der Waals surface area contributed by atoms with Crippen LogP contribution < -0.4 is 0 Å². The lowest BCUT2D eigenvalue weighted by atomic mass is 9.71. The Labute approximate surface area is 291 Å². The lowest BCUT2D eigenvalue weighted by Crippen LogP contribution is -2.23. The van der Waals surface area contributed by atoms with Gasteiger partial charge in [0.1, 0.15) is 0 Å². The molecule has 0 saturated carbocycles. The molecule has 0 saturated heterocycles. The van der Waals surface area contributed by atoms with Gasteiger partial charge in [0, 0.05) is 21.9 Å². The summed E-state index contributed by atoms with van der Waals surface area (Å²) in [6.07, 6.45) is 0. The van der Waals surface area contributed by atoms with Crippen molar-refractivity contribution < 1.29 is 0 Å². The molecule has 0 aliphatic heterocycles. The molecule has 10 rings (SSSR count). The van der Waals surface area contributed by atoms with Crippen LogP contribution >= 0.6 is 0 Å². The zero-order valence-electron chi connectivity index (χ0n) is 27.6. The van der Waals surface area contributed by atoms with E-state index in [2.05, 4.69) is 165 Å². The van der Waals surface area contributed by atoms with E-state index < -0.39 is 0 Å². The SMILES string of the molecule is CC1(c2ccccc2)c2ccccc2-c2cccc(-c3c4ccccc4c(-c4nc(-c5ccccc5)nc5ccccc45)c4ccccc34)c21. The molecule has 1 aromatic heterocycles. The summed E-state index contributed by atoms with van der Waals surface area (Å²) in [7, 11) is 0. The van der Waals surface area contributed by atoms with E-state index in [1.165, 1.54) is 60.5 Å². The summed E-state index contributed by atoms with van der Waals surface area (Å²) >= 11 is 0. The Morgan fingerprint density at radius 3 is 1.62 bits per heavy atom. The molecule has 1 unspecified atom stereocenters. The fourth-order valence-electron chi connectivity index (χ4n) is 8.54. The molecular formula is C48H32N2. The molecule has 0 amide bonds. The average molecular weight is 637 g/mol. The minimum Gasteiger partial charge on any atom is -0.228 e. The van der Waals surface area contributed by atoms with Crippen LogP contribution in [0.15, 0.2) is 176 Å². The predicted molar refractivity (Wildman–Crippen MR) is 208 cm³/mol. The number of benzene rings is 8. The van der Waals surface area contributed by atoms with E-state index in [9.17, 15) is 0 Å². The number of fused-ring (bicyclic) bond motifs is 6. The highest BCUT2D eigenvalue weighted by atomic mass is 14.9. The van der Waals surface area contributed by atoms with E-state index in [0.29, 0.717) is 0 Å². The second-order valence-electron chi connectivity index (χ2n) is 13.4. The van der Waals surface area contributed by atoms with Crippen molar-refractivity contribution in [2.75, 3.05) is 0 Å². The third kappa shape index (κ3) is 4.09. The molecule has 2 nitrogen and oxygen atoms in total. The molecule has 1 heterocycles. The van der Waals surface area contributed by atoms with Crippen LogP contribution in [0.2, 0.25) is 0 Å². The first-order valence-electron chi connectivity index (χ1n) is 17.3. The molecule has 0 fully saturated rings. The molecule has 0 radical (unpaired) electrons. The van der Waals surface area contributed by atoms with Gasteiger partial charge in [0.15, 0.2) is 5.82 Å². The summed E-state index contributed by atoms with van der Waals surface area (Å²) in [5, 5.41) is 5.83.